The summed E-state index contributed by atoms with van der Waals surface area (Å²) in [5.74, 6) is -0.774. The highest BCUT2D eigenvalue weighted by molar-refractivity contribution is 6.30. The summed E-state index contributed by atoms with van der Waals surface area (Å²) in [6.07, 6.45) is 2.73. The van der Waals surface area contributed by atoms with Crippen LogP contribution >= 0.6 is 11.6 Å². The summed E-state index contributed by atoms with van der Waals surface area (Å²) in [6.45, 7) is 2.01. The lowest BCUT2D eigenvalue weighted by molar-refractivity contribution is 0.335. The Bertz CT molecular complexity index is 1280. The van der Waals surface area contributed by atoms with E-state index in [1.165, 1.54) is 12.1 Å². The van der Waals surface area contributed by atoms with Gasteiger partial charge < -0.3 is 4.74 Å². The zero-order valence-electron chi connectivity index (χ0n) is 16.8. The molecule has 5 rings (SSSR count). The van der Waals surface area contributed by atoms with Crippen LogP contribution in [0.5, 0.6) is 5.75 Å². The fourth-order valence-corrected chi connectivity index (χ4v) is 4.32. The van der Waals surface area contributed by atoms with Gasteiger partial charge in [0.15, 0.2) is 5.82 Å². The first-order valence-electron chi connectivity index (χ1n) is 10.2. The highest BCUT2D eigenvalue weighted by Crippen LogP contribution is 2.32. The van der Waals surface area contributed by atoms with Gasteiger partial charge in [0, 0.05) is 34.3 Å². The van der Waals surface area contributed by atoms with Crippen LogP contribution in [-0.2, 0) is 19.4 Å². The summed E-state index contributed by atoms with van der Waals surface area (Å²) in [6, 6.07) is 9.86. The molecule has 0 saturated carbocycles. The standard InChI is InChI=1S/C23H19ClF2N4O/c1-2-31-13-10-17(25)16(18(26)11-13)12-30-20-9-4-3-6-15(20)21(29-30)23-27-19-8-5-7-14(19)22(24)28-23/h3-4,6,9-11H,2,5,7-8,12H2,1H3. The number of benzene rings is 2. The topological polar surface area (TPSA) is 52.8 Å². The number of fused-ring (bicyclic) bond motifs is 2. The predicted octanol–water partition coefficient (Wildman–Crippen LogP) is 5.36. The summed E-state index contributed by atoms with van der Waals surface area (Å²) in [7, 11) is 0. The van der Waals surface area contributed by atoms with Gasteiger partial charge in [0.1, 0.15) is 28.2 Å². The van der Waals surface area contributed by atoms with Crippen LogP contribution in [0.2, 0.25) is 5.15 Å². The molecule has 2 aromatic carbocycles. The first-order valence-corrected chi connectivity index (χ1v) is 10.5. The molecule has 0 N–H and O–H groups in total. The molecule has 0 radical (unpaired) electrons. The van der Waals surface area contributed by atoms with Gasteiger partial charge in [-0.25, -0.2) is 18.7 Å². The molecule has 0 aliphatic heterocycles. The Morgan fingerprint density at radius 2 is 1.87 bits per heavy atom. The lowest BCUT2D eigenvalue weighted by atomic mass is 10.1. The summed E-state index contributed by atoms with van der Waals surface area (Å²) < 4.78 is 36.1. The highest BCUT2D eigenvalue weighted by Gasteiger charge is 2.22. The Labute approximate surface area is 182 Å². The van der Waals surface area contributed by atoms with Crippen LogP contribution in [-0.4, -0.2) is 26.4 Å². The third kappa shape index (κ3) is 3.53. The minimum absolute atomic E-state index is 0.0801. The molecular formula is C23H19ClF2N4O. The van der Waals surface area contributed by atoms with Crippen molar-refractivity contribution >= 4 is 22.5 Å². The van der Waals surface area contributed by atoms with Crippen molar-refractivity contribution in [2.75, 3.05) is 6.61 Å². The largest absolute Gasteiger partial charge is 0.494 e. The van der Waals surface area contributed by atoms with Crippen molar-refractivity contribution in [1.29, 1.82) is 0 Å². The quantitative estimate of drug-likeness (QED) is 0.392. The van der Waals surface area contributed by atoms with Crippen molar-refractivity contribution in [2.24, 2.45) is 0 Å². The maximum Gasteiger partial charge on any atom is 0.182 e. The van der Waals surface area contributed by atoms with E-state index in [1.54, 1.807) is 11.6 Å². The van der Waals surface area contributed by atoms with E-state index in [0.717, 1.165) is 41.4 Å². The molecule has 0 spiro atoms. The van der Waals surface area contributed by atoms with Gasteiger partial charge in [-0.2, -0.15) is 5.10 Å². The van der Waals surface area contributed by atoms with E-state index in [2.05, 4.69) is 15.1 Å². The van der Waals surface area contributed by atoms with E-state index in [1.807, 2.05) is 24.3 Å². The Hall–Kier alpha value is -3.06. The summed E-state index contributed by atoms with van der Waals surface area (Å²) in [5, 5.41) is 5.87. The van der Waals surface area contributed by atoms with Crippen molar-refractivity contribution in [1.82, 2.24) is 19.7 Å². The average molecular weight is 441 g/mol. The maximum atomic E-state index is 14.6. The van der Waals surface area contributed by atoms with Gasteiger partial charge in [-0.05, 0) is 32.3 Å². The normalized spacial score (nSPS) is 13.0. The monoisotopic (exact) mass is 440 g/mol. The summed E-state index contributed by atoms with van der Waals surface area (Å²) in [5.41, 5.74) is 3.12. The Kier molecular flexibility index (Phi) is 5.06. The third-order valence-corrected chi connectivity index (χ3v) is 5.80. The first-order chi connectivity index (χ1) is 15.0. The third-order valence-electron chi connectivity index (χ3n) is 5.49. The Morgan fingerprint density at radius 3 is 2.65 bits per heavy atom. The molecule has 2 heterocycles. The van der Waals surface area contributed by atoms with E-state index in [9.17, 15) is 8.78 Å². The number of halogens is 3. The van der Waals surface area contributed by atoms with Crippen LogP contribution < -0.4 is 4.74 Å². The van der Waals surface area contributed by atoms with E-state index >= 15 is 0 Å². The van der Waals surface area contributed by atoms with Crippen molar-refractivity contribution in [3.63, 3.8) is 0 Å². The van der Waals surface area contributed by atoms with E-state index < -0.39 is 11.6 Å². The molecule has 0 fully saturated rings. The van der Waals surface area contributed by atoms with Crippen molar-refractivity contribution in [2.45, 2.75) is 32.7 Å². The van der Waals surface area contributed by atoms with Gasteiger partial charge in [-0.1, -0.05) is 29.8 Å². The smallest absolute Gasteiger partial charge is 0.182 e. The number of nitrogens with zero attached hydrogens (tertiary/aromatic N) is 4. The molecule has 158 valence electrons. The predicted molar refractivity (Wildman–Crippen MR) is 114 cm³/mol. The lowest BCUT2D eigenvalue weighted by Gasteiger charge is -2.09. The van der Waals surface area contributed by atoms with Gasteiger partial charge >= 0.3 is 0 Å². The zero-order valence-corrected chi connectivity index (χ0v) is 17.6. The van der Waals surface area contributed by atoms with Crippen molar-refractivity contribution < 1.29 is 13.5 Å². The number of hydrogen-bond donors (Lipinski definition) is 0. The van der Waals surface area contributed by atoms with Crippen LogP contribution in [0, 0.1) is 11.6 Å². The fourth-order valence-electron chi connectivity index (χ4n) is 4.04. The molecule has 31 heavy (non-hydrogen) atoms. The molecule has 0 bridgehead atoms. The number of aromatic nitrogens is 4. The molecule has 1 aliphatic carbocycles. The molecule has 0 atom stereocenters. The Morgan fingerprint density at radius 1 is 1.10 bits per heavy atom. The highest BCUT2D eigenvalue weighted by atomic mass is 35.5. The second-order valence-corrected chi connectivity index (χ2v) is 7.80. The SMILES string of the molecule is CCOc1cc(F)c(Cn2nc(-c3nc(Cl)c4c(n3)CCC4)c3ccccc32)c(F)c1. The van der Waals surface area contributed by atoms with Gasteiger partial charge in [0.2, 0.25) is 0 Å². The molecule has 5 nitrogen and oxygen atoms in total. The maximum absolute atomic E-state index is 14.6. The number of hydrogen-bond acceptors (Lipinski definition) is 4. The minimum atomic E-state index is -0.679. The average Bonchev–Trinajstić information content (AvgIpc) is 3.36. The van der Waals surface area contributed by atoms with E-state index in [-0.39, 0.29) is 17.9 Å². The van der Waals surface area contributed by atoms with Crippen molar-refractivity contribution in [3.8, 4) is 17.3 Å². The molecule has 0 amide bonds. The summed E-state index contributed by atoms with van der Waals surface area (Å²) >= 11 is 6.40. The molecule has 4 aromatic rings. The molecule has 1 aliphatic rings. The molecular weight excluding hydrogens is 422 g/mol. The Balaban J connectivity index is 1.60. The number of rotatable bonds is 5. The van der Waals surface area contributed by atoms with Crippen molar-refractivity contribution in [3.05, 3.63) is 70.0 Å². The minimum Gasteiger partial charge on any atom is -0.494 e. The van der Waals surface area contributed by atoms with Crippen LogP contribution in [0.3, 0.4) is 0 Å². The van der Waals surface area contributed by atoms with Gasteiger partial charge in [0.25, 0.3) is 0 Å². The van der Waals surface area contributed by atoms with Crippen LogP contribution in [0.1, 0.15) is 30.2 Å². The van der Waals surface area contributed by atoms with Crippen LogP contribution in [0.25, 0.3) is 22.4 Å². The first kappa shape index (κ1) is 19.9. The number of para-hydroxylation sites is 1. The van der Waals surface area contributed by atoms with Crippen LogP contribution in [0.15, 0.2) is 36.4 Å². The van der Waals surface area contributed by atoms with Crippen LogP contribution in [0.4, 0.5) is 8.78 Å². The zero-order chi connectivity index (χ0) is 21.5. The van der Waals surface area contributed by atoms with Gasteiger partial charge in [-0.15, -0.1) is 0 Å². The molecule has 8 heteroatoms. The molecule has 0 unspecified atom stereocenters. The molecule has 0 saturated heterocycles. The summed E-state index contributed by atoms with van der Waals surface area (Å²) in [4.78, 5) is 9.15. The number of aryl methyl sites for hydroxylation is 1. The molecule has 2 aromatic heterocycles. The second kappa shape index (κ2) is 7.89. The van der Waals surface area contributed by atoms with E-state index in [4.69, 9.17) is 16.3 Å². The van der Waals surface area contributed by atoms with Gasteiger partial charge in [0.05, 0.1) is 18.7 Å². The fraction of sp³-hybridized carbons (Fsp3) is 0.261. The second-order valence-electron chi connectivity index (χ2n) is 7.44. The number of ether oxygens (including phenoxy) is 1. The van der Waals surface area contributed by atoms with Gasteiger partial charge in [-0.3, -0.25) is 4.68 Å². The lowest BCUT2D eigenvalue weighted by Crippen LogP contribution is -2.07. The van der Waals surface area contributed by atoms with E-state index in [0.29, 0.717) is 23.3 Å².